The molecule has 0 spiro atoms. The highest BCUT2D eigenvalue weighted by Crippen LogP contribution is 2.37. The van der Waals surface area contributed by atoms with Gasteiger partial charge in [0.2, 0.25) is 8.32 Å². The molecule has 1 aromatic heterocycles. The lowest BCUT2D eigenvalue weighted by molar-refractivity contribution is 0.492. The van der Waals surface area contributed by atoms with Crippen LogP contribution >= 0.6 is 0 Å². The second-order valence-corrected chi connectivity index (χ2v) is 12.0. The predicted octanol–water partition coefficient (Wildman–Crippen LogP) is 3.92. The molecule has 0 amide bonds. The van der Waals surface area contributed by atoms with E-state index in [1.807, 2.05) is 24.3 Å². The van der Waals surface area contributed by atoms with Crippen molar-refractivity contribution in [2.45, 2.75) is 38.9 Å². The van der Waals surface area contributed by atoms with Gasteiger partial charge in [-0.15, -0.1) is 0 Å². The fraction of sp³-hybridized carbons (Fsp3) is 0.412. The van der Waals surface area contributed by atoms with Gasteiger partial charge in [-0.25, -0.2) is 0 Å². The summed E-state index contributed by atoms with van der Waals surface area (Å²) in [5.74, 6) is 1.23. The molecule has 0 aliphatic rings. The summed E-state index contributed by atoms with van der Waals surface area (Å²) in [6.07, 6.45) is 0. The number of nitriles is 1. The van der Waals surface area contributed by atoms with Crippen molar-refractivity contribution in [1.82, 2.24) is 9.78 Å². The number of rotatable bonds is 3. The van der Waals surface area contributed by atoms with E-state index in [1.165, 1.54) is 4.68 Å². The largest absolute Gasteiger partial charge is 0.544 e. The van der Waals surface area contributed by atoms with Crippen LogP contribution in [0.15, 0.2) is 24.3 Å². The minimum Gasteiger partial charge on any atom is -0.544 e. The Labute approximate surface area is 138 Å². The van der Waals surface area contributed by atoms with Gasteiger partial charge >= 0.3 is 0 Å². The number of aromatic nitrogens is 2. The number of hydrogen-bond acceptors (Lipinski definition) is 4. The van der Waals surface area contributed by atoms with Crippen LogP contribution in [0.4, 0.5) is 5.82 Å². The van der Waals surface area contributed by atoms with E-state index >= 15 is 0 Å². The molecule has 6 heteroatoms. The topological polar surface area (TPSA) is 76.9 Å². The van der Waals surface area contributed by atoms with Crippen LogP contribution in [-0.2, 0) is 7.05 Å². The van der Waals surface area contributed by atoms with Crippen LogP contribution in [0.25, 0.3) is 11.3 Å². The van der Waals surface area contributed by atoms with Crippen LogP contribution in [0.3, 0.4) is 0 Å². The zero-order valence-electron chi connectivity index (χ0n) is 14.6. The second kappa shape index (κ2) is 5.74. The Morgan fingerprint density at radius 1 is 1.22 bits per heavy atom. The lowest BCUT2D eigenvalue weighted by atomic mass is 10.1. The number of anilines is 1. The third-order valence-electron chi connectivity index (χ3n) is 4.51. The van der Waals surface area contributed by atoms with Crippen molar-refractivity contribution in [3.63, 3.8) is 0 Å². The maximum absolute atomic E-state index is 9.27. The van der Waals surface area contributed by atoms with Crippen molar-refractivity contribution in [3.8, 4) is 23.1 Å². The summed E-state index contributed by atoms with van der Waals surface area (Å²) in [5.41, 5.74) is 7.74. The Bertz CT molecular complexity index is 749. The molecule has 0 bridgehead atoms. The molecule has 0 saturated heterocycles. The summed E-state index contributed by atoms with van der Waals surface area (Å²) >= 11 is 0. The van der Waals surface area contributed by atoms with Crippen molar-refractivity contribution in [2.75, 3.05) is 5.73 Å². The summed E-state index contributed by atoms with van der Waals surface area (Å²) in [6, 6.07) is 9.83. The first-order valence-corrected chi connectivity index (χ1v) is 10.5. The fourth-order valence-corrected chi connectivity index (χ4v) is 3.01. The molecule has 0 atom stereocenters. The van der Waals surface area contributed by atoms with Crippen LogP contribution in [0, 0.1) is 11.3 Å². The first-order chi connectivity index (χ1) is 10.6. The minimum atomic E-state index is -1.86. The molecular formula is C17H24N4OSi. The highest BCUT2D eigenvalue weighted by Gasteiger charge is 2.38. The SMILES string of the molecule is Cn1nc(-c2ccc(O[Si](C)(C)C(C)(C)C)cc2)c(C#N)c1N. The molecule has 1 heterocycles. The Balaban J connectivity index is 2.31. The molecule has 2 rings (SSSR count). The summed E-state index contributed by atoms with van der Waals surface area (Å²) in [4.78, 5) is 0. The lowest BCUT2D eigenvalue weighted by Gasteiger charge is -2.36. The van der Waals surface area contributed by atoms with E-state index in [0.717, 1.165) is 11.3 Å². The molecule has 0 radical (unpaired) electrons. The molecule has 0 fully saturated rings. The van der Waals surface area contributed by atoms with E-state index in [0.29, 0.717) is 17.1 Å². The lowest BCUT2D eigenvalue weighted by Crippen LogP contribution is -2.43. The minimum absolute atomic E-state index is 0.148. The fourth-order valence-electron chi connectivity index (χ4n) is 1.98. The van der Waals surface area contributed by atoms with Gasteiger partial charge in [-0.1, -0.05) is 20.8 Å². The molecule has 5 nitrogen and oxygen atoms in total. The molecule has 23 heavy (non-hydrogen) atoms. The van der Waals surface area contributed by atoms with E-state index in [4.69, 9.17) is 10.2 Å². The van der Waals surface area contributed by atoms with E-state index in [2.05, 4.69) is 45.0 Å². The molecule has 0 aliphatic heterocycles. The zero-order chi connectivity index (χ0) is 17.4. The Kier molecular flexibility index (Phi) is 4.27. The molecule has 2 N–H and O–H groups in total. The maximum atomic E-state index is 9.27. The standard InChI is InChI=1S/C17H24N4OSi/c1-17(2,3)23(5,6)22-13-9-7-12(8-10-13)15-14(11-18)16(19)21(4)20-15/h7-10H,19H2,1-6H3. The van der Waals surface area contributed by atoms with Crippen LogP contribution < -0.4 is 10.2 Å². The first kappa shape index (κ1) is 17.1. The molecule has 0 saturated carbocycles. The van der Waals surface area contributed by atoms with Crippen molar-refractivity contribution in [1.29, 1.82) is 5.26 Å². The van der Waals surface area contributed by atoms with Crippen LogP contribution in [0.1, 0.15) is 26.3 Å². The van der Waals surface area contributed by atoms with Gasteiger partial charge in [0.1, 0.15) is 28.9 Å². The Morgan fingerprint density at radius 3 is 2.26 bits per heavy atom. The van der Waals surface area contributed by atoms with Crippen LogP contribution in [0.5, 0.6) is 5.75 Å². The van der Waals surface area contributed by atoms with Crippen molar-refractivity contribution in [2.24, 2.45) is 7.05 Å². The van der Waals surface area contributed by atoms with E-state index in [1.54, 1.807) is 7.05 Å². The molecule has 122 valence electrons. The van der Waals surface area contributed by atoms with Gasteiger partial charge in [0.25, 0.3) is 0 Å². The first-order valence-electron chi connectivity index (χ1n) is 7.59. The van der Waals surface area contributed by atoms with Crippen LogP contribution in [0.2, 0.25) is 18.1 Å². The summed E-state index contributed by atoms with van der Waals surface area (Å²) < 4.78 is 7.79. The summed E-state index contributed by atoms with van der Waals surface area (Å²) in [5, 5.41) is 13.7. The average Bonchev–Trinajstić information content (AvgIpc) is 2.73. The molecule has 0 aliphatic carbocycles. The van der Waals surface area contributed by atoms with E-state index in [-0.39, 0.29) is 5.04 Å². The van der Waals surface area contributed by atoms with Gasteiger partial charge in [-0.05, 0) is 42.4 Å². The number of nitrogen functional groups attached to an aromatic ring is 1. The van der Waals surface area contributed by atoms with Gasteiger partial charge in [-0.2, -0.15) is 10.4 Å². The van der Waals surface area contributed by atoms with E-state index < -0.39 is 8.32 Å². The third-order valence-corrected chi connectivity index (χ3v) is 8.87. The highest BCUT2D eigenvalue weighted by atomic mass is 28.4. The quantitative estimate of drug-likeness (QED) is 0.866. The number of benzene rings is 1. The number of hydrogen-bond donors (Lipinski definition) is 1. The van der Waals surface area contributed by atoms with Crippen molar-refractivity contribution in [3.05, 3.63) is 29.8 Å². The number of aryl methyl sites for hydroxylation is 1. The van der Waals surface area contributed by atoms with Crippen molar-refractivity contribution < 1.29 is 4.43 Å². The zero-order valence-corrected chi connectivity index (χ0v) is 15.6. The summed E-state index contributed by atoms with van der Waals surface area (Å²) in [6.45, 7) is 11.1. The number of nitrogens with two attached hydrogens (primary N) is 1. The smallest absolute Gasteiger partial charge is 0.250 e. The van der Waals surface area contributed by atoms with Crippen molar-refractivity contribution >= 4 is 14.1 Å². The molecule has 0 unspecified atom stereocenters. The maximum Gasteiger partial charge on any atom is 0.250 e. The second-order valence-electron chi connectivity index (χ2n) is 7.23. The molecular weight excluding hydrogens is 304 g/mol. The molecule has 1 aromatic carbocycles. The van der Waals surface area contributed by atoms with Gasteiger partial charge < -0.3 is 10.2 Å². The highest BCUT2D eigenvalue weighted by molar-refractivity contribution is 6.74. The van der Waals surface area contributed by atoms with Gasteiger partial charge in [-0.3, -0.25) is 4.68 Å². The third kappa shape index (κ3) is 3.25. The predicted molar refractivity (Wildman–Crippen MR) is 95.6 cm³/mol. The average molecular weight is 328 g/mol. The van der Waals surface area contributed by atoms with Gasteiger partial charge in [0.15, 0.2) is 0 Å². The molecule has 2 aromatic rings. The Morgan fingerprint density at radius 2 is 1.78 bits per heavy atom. The number of nitrogens with zero attached hydrogens (tertiary/aromatic N) is 3. The van der Waals surface area contributed by atoms with Gasteiger partial charge in [0, 0.05) is 12.6 Å². The summed E-state index contributed by atoms with van der Waals surface area (Å²) in [7, 11) is -0.126. The Hall–Kier alpha value is -2.26. The normalized spacial score (nSPS) is 12.0. The van der Waals surface area contributed by atoms with Crippen LogP contribution in [-0.4, -0.2) is 18.1 Å². The van der Waals surface area contributed by atoms with E-state index in [9.17, 15) is 5.26 Å². The monoisotopic (exact) mass is 328 g/mol. The van der Waals surface area contributed by atoms with Gasteiger partial charge in [0.05, 0.1) is 0 Å².